The Morgan fingerprint density at radius 1 is 1.10 bits per heavy atom. The van der Waals surface area contributed by atoms with Crippen LogP contribution in [0.3, 0.4) is 0 Å². The summed E-state index contributed by atoms with van der Waals surface area (Å²) < 4.78 is 7.80. The van der Waals surface area contributed by atoms with Crippen LogP contribution in [0.1, 0.15) is 41.2 Å². The molecule has 0 aliphatic heterocycles. The zero-order valence-corrected chi connectivity index (χ0v) is 18.2. The number of hydrogen-bond donors (Lipinski definition) is 0. The van der Waals surface area contributed by atoms with Crippen LogP contribution in [0.2, 0.25) is 0 Å². The third-order valence-electron chi connectivity index (χ3n) is 4.56. The molecule has 1 heterocycles. The van der Waals surface area contributed by atoms with Gasteiger partial charge in [0.25, 0.3) is 0 Å². The molecule has 0 N–H and O–H groups in total. The smallest absolute Gasteiger partial charge is 0.191 e. The maximum absolute atomic E-state index is 12.4. The summed E-state index contributed by atoms with van der Waals surface area (Å²) in [6.45, 7) is 6.56. The summed E-state index contributed by atoms with van der Waals surface area (Å²) in [6.07, 6.45) is 0.289. The molecule has 0 saturated heterocycles. The van der Waals surface area contributed by atoms with Gasteiger partial charge in [0.2, 0.25) is 0 Å². The van der Waals surface area contributed by atoms with E-state index in [0.717, 1.165) is 22.7 Å². The van der Waals surface area contributed by atoms with E-state index in [-0.39, 0.29) is 18.0 Å². The zero-order chi connectivity index (χ0) is 21.5. The van der Waals surface area contributed by atoms with Gasteiger partial charge in [-0.1, -0.05) is 42.1 Å². The fourth-order valence-electron chi connectivity index (χ4n) is 3.03. The van der Waals surface area contributed by atoms with Gasteiger partial charge in [0, 0.05) is 18.5 Å². The number of rotatable bonds is 10. The van der Waals surface area contributed by atoms with E-state index in [1.54, 1.807) is 18.2 Å². The molecule has 2 aromatic carbocycles. The van der Waals surface area contributed by atoms with Crippen LogP contribution in [0.5, 0.6) is 5.75 Å². The second-order valence-corrected chi connectivity index (χ2v) is 7.95. The number of aryl methyl sites for hydroxylation is 1. The molecule has 156 valence electrons. The summed E-state index contributed by atoms with van der Waals surface area (Å²) in [7, 11) is 0. The standard InChI is InChI=1S/C23H25N3O3S/c1-4-26-22(14-29-21-10-5-7-16(2)11-21)24-25-23(26)30-15-20(28)13-18-8-6-9-19(12-18)17(3)27/h5-12H,4,13-15H2,1-3H3. The Balaban J connectivity index is 1.58. The van der Waals surface area contributed by atoms with Gasteiger partial charge >= 0.3 is 0 Å². The van der Waals surface area contributed by atoms with Gasteiger partial charge in [0.1, 0.15) is 18.1 Å². The van der Waals surface area contributed by atoms with Crippen molar-refractivity contribution in [1.29, 1.82) is 0 Å². The Labute approximate surface area is 180 Å². The maximum atomic E-state index is 12.4. The first-order valence-electron chi connectivity index (χ1n) is 9.82. The molecule has 0 bridgehead atoms. The molecular weight excluding hydrogens is 398 g/mol. The first-order valence-corrected chi connectivity index (χ1v) is 10.8. The molecule has 3 rings (SSSR count). The normalized spacial score (nSPS) is 10.8. The largest absolute Gasteiger partial charge is 0.486 e. The Bertz CT molecular complexity index is 1050. The van der Waals surface area contributed by atoms with Gasteiger partial charge in [-0.15, -0.1) is 10.2 Å². The molecule has 0 fully saturated rings. The number of thioether (sulfide) groups is 1. The predicted molar refractivity (Wildman–Crippen MR) is 117 cm³/mol. The highest BCUT2D eigenvalue weighted by Crippen LogP contribution is 2.20. The number of Topliss-reactive ketones (excluding diaryl/α,β-unsaturated/α-hetero) is 2. The number of carbonyl (C=O) groups is 2. The van der Waals surface area contributed by atoms with Crippen LogP contribution in [-0.4, -0.2) is 32.1 Å². The molecule has 1 aromatic heterocycles. The summed E-state index contributed by atoms with van der Waals surface area (Å²) in [5.41, 5.74) is 2.60. The summed E-state index contributed by atoms with van der Waals surface area (Å²) in [5.74, 6) is 1.88. The molecule has 0 aliphatic rings. The summed E-state index contributed by atoms with van der Waals surface area (Å²) in [6, 6.07) is 15.1. The minimum absolute atomic E-state index is 0.00451. The van der Waals surface area contributed by atoms with Crippen molar-refractivity contribution in [3.05, 3.63) is 71.0 Å². The summed E-state index contributed by atoms with van der Waals surface area (Å²) in [4.78, 5) is 23.9. The lowest BCUT2D eigenvalue weighted by molar-refractivity contribution is -0.116. The lowest BCUT2D eigenvalue weighted by Crippen LogP contribution is -2.09. The highest BCUT2D eigenvalue weighted by Gasteiger charge is 2.14. The second kappa shape index (κ2) is 10.2. The Morgan fingerprint density at radius 3 is 2.63 bits per heavy atom. The van der Waals surface area contributed by atoms with Gasteiger partial charge < -0.3 is 9.30 Å². The third-order valence-corrected chi connectivity index (χ3v) is 5.59. The number of benzene rings is 2. The third kappa shape index (κ3) is 5.79. The number of aromatic nitrogens is 3. The molecule has 0 amide bonds. The molecule has 3 aromatic rings. The highest BCUT2D eigenvalue weighted by molar-refractivity contribution is 7.99. The number of nitrogens with zero attached hydrogens (tertiary/aromatic N) is 3. The minimum Gasteiger partial charge on any atom is -0.486 e. The van der Waals surface area contributed by atoms with Crippen LogP contribution >= 0.6 is 11.8 Å². The Hall–Kier alpha value is -2.93. The van der Waals surface area contributed by atoms with E-state index in [1.807, 2.05) is 48.7 Å². The van der Waals surface area contributed by atoms with Gasteiger partial charge in [0.05, 0.1) is 5.75 Å². The van der Waals surface area contributed by atoms with Crippen LogP contribution in [0, 0.1) is 6.92 Å². The van der Waals surface area contributed by atoms with Crippen LogP contribution in [0.25, 0.3) is 0 Å². The zero-order valence-electron chi connectivity index (χ0n) is 17.4. The van der Waals surface area contributed by atoms with Crippen molar-refractivity contribution < 1.29 is 14.3 Å². The van der Waals surface area contributed by atoms with Crippen molar-refractivity contribution in [2.75, 3.05) is 5.75 Å². The minimum atomic E-state index is -0.00451. The molecule has 0 atom stereocenters. The molecule has 6 nitrogen and oxygen atoms in total. The first kappa shape index (κ1) is 21.8. The quantitative estimate of drug-likeness (QED) is 0.358. The fourth-order valence-corrected chi connectivity index (χ4v) is 3.91. The summed E-state index contributed by atoms with van der Waals surface area (Å²) >= 11 is 1.37. The monoisotopic (exact) mass is 423 g/mol. The van der Waals surface area contributed by atoms with Crippen LogP contribution < -0.4 is 4.74 Å². The molecule has 7 heteroatoms. The average molecular weight is 424 g/mol. The van der Waals surface area contributed by atoms with Gasteiger partial charge in [-0.2, -0.15) is 0 Å². The molecule has 0 unspecified atom stereocenters. The average Bonchev–Trinajstić information content (AvgIpc) is 3.13. The Morgan fingerprint density at radius 2 is 1.90 bits per heavy atom. The van der Waals surface area contributed by atoms with E-state index >= 15 is 0 Å². The van der Waals surface area contributed by atoms with Crippen LogP contribution in [0.4, 0.5) is 0 Å². The van der Waals surface area contributed by atoms with E-state index < -0.39 is 0 Å². The van der Waals surface area contributed by atoms with E-state index in [1.165, 1.54) is 18.7 Å². The Kier molecular flexibility index (Phi) is 7.41. The van der Waals surface area contributed by atoms with Crippen molar-refractivity contribution in [1.82, 2.24) is 14.8 Å². The van der Waals surface area contributed by atoms with E-state index in [9.17, 15) is 9.59 Å². The first-order chi connectivity index (χ1) is 14.5. The van der Waals surface area contributed by atoms with Crippen molar-refractivity contribution >= 4 is 23.3 Å². The van der Waals surface area contributed by atoms with Gasteiger partial charge in [-0.3, -0.25) is 9.59 Å². The van der Waals surface area contributed by atoms with Crippen molar-refractivity contribution in [3.8, 4) is 5.75 Å². The SMILES string of the molecule is CCn1c(COc2cccc(C)c2)nnc1SCC(=O)Cc1cccc(C(C)=O)c1. The molecule has 0 aliphatic carbocycles. The molecule has 0 spiro atoms. The molecule has 0 radical (unpaired) electrons. The summed E-state index contributed by atoms with van der Waals surface area (Å²) in [5, 5.41) is 9.17. The van der Waals surface area contributed by atoms with Gasteiger partial charge in [0.15, 0.2) is 16.8 Å². The lowest BCUT2D eigenvalue weighted by atomic mass is 10.0. The second-order valence-electron chi connectivity index (χ2n) is 7.01. The fraction of sp³-hybridized carbons (Fsp3) is 0.304. The van der Waals surface area contributed by atoms with E-state index in [2.05, 4.69) is 10.2 Å². The van der Waals surface area contributed by atoms with Crippen LogP contribution in [-0.2, 0) is 24.4 Å². The van der Waals surface area contributed by atoms with Gasteiger partial charge in [-0.05, 0) is 50.1 Å². The lowest BCUT2D eigenvalue weighted by Gasteiger charge is -2.09. The number of carbonyl (C=O) groups excluding carboxylic acids is 2. The number of ketones is 2. The molecular formula is C23H25N3O3S. The van der Waals surface area contributed by atoms with Crippen LogP contribution in [0.15, 0.2) is 53.7 Å². The molecule has 30 heavy (non-hydrogen) atoms. The predicted octanol–water partition coefficient (Wildman–Crippen LogP) is 4.29. The topological polar surface area (TPSA) is 74.1 Å². The van der Waals surface area contributed by atoms with E-state index in [0.29, 0.717) is 29.6 Å². The highest BCUT2D eigenvalue weighted by atomic mass is 32.2. The van der Waals surface area contributed by atoms with E-state index in [4.69, 9.17) is 4.74 Å². The van der Waals surface area contributed by atoms with Crippen molar-refractivity contribution in [2.24, 2.45) is 0 Å². The van der Waals surface area contributed by atoms with Crippen molar-refractivity contribution in [3.63, 3.8) is 0 Å². The molecule has 0 saturated carbocycles. The van der Waals surface area contributed by atoms with Crippen molar-refractivity contribution in [2.45, 2.75) is 45.5 Å². The maximum Gasteiger partial charge on any atom is 0.191 e. The number of ether oxygens (including phenoxy) is 1. The van der Waals surface area contributed by atoms with Gasteiger partial charge in [-0.25, -0.2) is 0 Å². The number of hydrogen-bond acceptors (Lipinski definition) is 6.